The van der Waals surface area contributed by atoms with E-state index >= 15 is 0 Å². The lowest BCUT2D eigenvalue weighted by atomic mass is 10.3. The van der Waals surface area contributed by atoms with Crippen molar-refractivity contribution in [2.75, 3.05) is 31.7 Å². The molecule has 6 heteroatoms. The van der Waals surface area contributed by atoms with Gasteiger partial charge in [-0.3, -0.25) is 0 Å². The molecule has 0 spiro atoms. The molecule has 0 saturated carbocycles. The summed E-state index contributed by atoms with van der Waals surface area (Å²) < 4.78 is 30.3. The molecule has 0 bridgehead atoms. The summed E-state index contributed by atoms with van der Waals surface area (Å²) in [6.45, 7) is 2.61. The van der Waals surface area contributed by atoms with Crippen molar-refractivity contribution >= 4 is 15.7 Å². The Bertz CT molecular complexity index is 457. The molecule has 5 nitrogen and oxygen atoms in total. The van der Waals surface area contributed by atoms with E-state index in [1.807, 2.05) is 6.92 Å². The number of nitrogens with zero attached hydrogens (tertiary/aromatic N) is 1. The Hall–Kier alpha value is -1.27. The molecule has 0 aromatic heterocycles. The van der Waals surface area contributed by atoms with E-state index in [2.05, 4.69) is 0 Å². The number of ether oxygens (including phenoxy) is 1. The molecule has 2 N–H and O–H groups in total. The summed E-state index contributed by atoms with van der Waals surface area (Å²) in [6, 6.07) is 6.87. The largest absolute Gasteiger partial charge is 0.492 e. The predicted octanol–water partition coefficient (Wildman–Crippen LogP) is 1.32. The molecule has 0 fully saturated rings. The normalized spacial score (nSPS) is 11.7. The highest BCUT2D eigenvalue weighted by Crippen LogP contribution is 2.13. The van der Waals surface area contributed by atoms with Crippen molar-refractivity contribution in [3.8, 4) is 5.75 Å². The highest BCUT2D eigenvalue weighted by Gasteiger charge is 2.16. The first-order valence-corrected chi connectivity index (χ1v) is 7.49. The van der Waals surface area contributed by atoms with Gasteiger partial charge in [-0.25, -0.2) is 12.7 Å². The standard InChI is InChI=1S/C12H20N2O3S/c1-3-8-14(2)18(15,16)10-9-17-12-6-4-11(13)5-7-12/h4-7H,3,8-10,13H2,1-2H3. The van der Waals surface area contributed by atoms with Gasteiger partial charge in [0.05, 0.1) is 5.75 Å². The van der Waals surface area contributed by atoms with Crippen LogP contribution in [0.1, 0.15) is 13.3 Å². The lowest BCUT2D eigenvalue weighted by Gasteiger charge is -2.16. The minimum Gasteiger partial charge on any atom is -0.492 e. The highest BCUT2D eigenvalue weighted by molar-refractivity contribution is 7.89. The van der Waals surface area contributed by atoms with Gasteiger partial charge in [-0.15, -0.1) is 0 Å². The highest BCUT2D eigenvalue weighted by atomic mass is 32.2. The first kappa shape index (κ1) is 14.8. The fraction of sp³-hybridized carbons (Fsp3) is 0.500. The second-order valence-corrected chi connectivity index (χ2v) is 6.25. The fourth-order valence-corrected chi connectivity index (χ4v) is 2.51. The van der Waals surface area contributed by atoms with Crippen molar-refractivity contribution in [1.29, 1.82) is 0 Å². The first-order valence-electron chi connectivity index (χ1n) is 5.88. The van der Waals surface area contributed by atoms with Crippen LogP contribution in [0.2, 0.25) is 0 Å². The number of sulfonamides is 1. The van der Waals surface area contributed by atoms with Crippen LogP contribution in [-0.4, -0.2) is 38.7 Å². The van der Waals surface area contributed by atoms with E-state index in [1.165, 1.54) is 4.31 Å². The molecule has 0 amide bonds. The van der Waals surface area contributed by atoms with Crippen molar-refractivity contribution < 1.29 is 13.2 Å². The maximum absolute atomic E-state index is 11.8. The molecule has 0 saturated heterocycles. The Morgan fingerprint density at radius 1 is 1.28 bits per heavy atom. The summed E-state index contributed by atoms with van der Waals surface area (Å²) in [7, 11) is -1.63. The van der Waals surface area contributed by atoms with Crippen LogP contribution < -0.4 is 10.5 Å². The minimum atomic E-state index is -3.22. The van der Waals surface area contributed by atoms with E-state index < -0.39 is 10.0 Å². The SMILES string of the molecule is CCCN(C)S(=O)(=O)CCOc1ccc(N)cc1. The Morgan fingerprint density at radius 2 is 1.89 bits per heavy atom. The number of anilines is 1. The third-order valence-corrected chi connectivity index (χ3v) is 4.32. The quantitative estimate of drug-likeness (QED) is 0.760. The van der Waals surface area contributed by atoms with Crippen molar-refractivity contribution in [3.63, 3.8) is 0 Å². The topological polar surface area (TPSA) is 72.6 Å². The Balaban J connectivity index is 2.44. The molecule has 0 aliphatic carbocycles. The van der Waals surface area contributed by atoms with Gasteiger partial charge < -0.3 is 10.5 Å². The van der Waals surface area contributed by atoms with E-state index in [9.17, 15) is 8.42 Å². The van der Waals surface area contributed by atoms with Gasteiger partial charge in [-0.05, 0) is 30.7 Å². The van der Waals surface area contributed by atoms with Crippen LogP contribution >= 0.6 is 0 Å². The average molecular weight is 272 g/mol. The zero-order valence-electron chi connectivity index (χ0n) is 10.8. The molecular weight excluding hydrogens is 252 g/mol. The maximum Gasteiger partial charge on any atom is 0.217 e. The van der Waals surface area contributed by atoms with E-state index in [4.69, 9.17) is 10.5 Å². The van der Waals surface area contributed by atoms with Gasteiger partial charge in [0.1, 0.15) is 12.4 Å². The minimum absolute atomic E-state index is 0.0200. The van der Waals surface area contributed by atoms with E-state index in [0.29, 0.717) is 18.0 Å². The van der Waals surface area contributed by atoms with E-state index in [1.54, 1.807) is 31.3 Å². The van der Waals surface area contributed by atoms with Gasteiger partial charge in [-0.2, -0.15) is 0 Å². The first-order chi connectivity index (χ1) is 8.45. The number of benzene rings is 1. The molecule has 0 heterocycles. The van der Waals surface area contributed by atoms with Crippen LogP contribution in [0.4, 0.5) is 5.69 Å². The summed E-state index contributed by atoms with van der Waals surface area (Å²) in [5, 5.41) is 0. The summed E-state index contributed by atoms with van der Waals surface area (Å²) in [4.78, 5) is 0. The third kappa shape index (κ3) is 4.54. The molecular formula is C12H20N2O3S. The molecule has 1 aromatic rings. The van der Waals surface area contributed by atoms with E-state index in [-0.39, 0.29) is 12.4 Å². The monoisotopic (exact) mass is 272 g/mol. The molecule has 0 aliphatic heterocycles. The number of nitrogens with two attached hydrogens (primary N) is 1. The van der Waals surface area contributed by atoms with E-state index in [0.717, 1.165) is 6.42 Å². The van der Waals surface area contributed by atoms with Crippen molar-refractivity contribution in [2.24, 2.45) is 0 Å². The molecule has 102 valence electrons. The summed E-state index contributed by atoms with van der Waals surface area (Å²) >= 11 is 0. The van der Waals surface area contributed by atoms with Crippen molar-refractivity contribution in [2.45, 2.75) is 13.3 Å². The Labute approximate surface area is 109 Å². The number of rotatable bonds is 7. The lowest BCUT2D eigenvalue weighted by Crippen LogP contribution is -2.31. The maximum atomic E-state index is 11.8. The number of hydrogen-bond donors (Lipinski definition) is 1. The van der Waals surface area contributed by atoms with Gasteiger partial charge in [0.25, 0.3) is 0 Å². The van der Waals surface area contributed by atoms with Gasteiger partial charge >= 0.3 is 0 Å². The van der Waals surface area contributed by atoms with Crippen LogP contribution in [-0.2, 0) is 10.0 Å². The van der Waals surface area contributed by atoms with Crippen LogP contribution in [0.5, 0.6) is 5.75 Å². The molecule has 18 heavy (non-hydrogen) atoms. The Kier molecular flexibility index (Phi) is 5.43. The molecule has 0 aliphatic rings. The molecule has 0 atom stereocenters. The zero-order valence-corrected chi connectivity index (χ0v) is 11.6. The zero-order chi connectivity index (χ0) is 13.6. The predicted molar refractivity (Wildman–Crippen MR) is 73.1 cm³/mol. The lowest BCUT2D eigenvalue weighted by molar-refractivity contribution is 0.337. The Morgan fingerprint density at radius 3 is 2.44 bits per heavy atom. The van der Waals surface area contributed by atoms with Crippen LogP contribution in [0, 0.1) is 0 Å². The van der Waals surface area contributed by atoms with Crippen LogP contribution in [0.15, 0.2) is 24.3 Å². The number of nitrogen functional groups attached to an aromatic ring is 1. The van der Waals surface area contributed by atoms with Gasteiger partial charge in [0.2, 0.25) is 10.0 Å². The average Bonchev–Trinajstić information content (AvgIpc) is 2.32. The summed E-state index contributed by atoms with van der Waals surface area (Å²) in [5.74, 6) is 0.603. The van der Waals surface area contributed by atoms with Crippen LogP contribution in [0.3, 0.4) is 0 Å². The summed E-state index contributed by atoms with van der Waals surface area (Å²) in [6.07, 6.45) is 0.800. The molecule has 0 unspecified atom stereocenters. The molecule has 1 aromatic carbocycles. The smallest absolute Gasteiger partial charge is 0.217 e. The van der Waals surface area contributed by atoms with Gasteiger partial charge in [0, 0.05) is 19.3 Å². The second-order valence-electron chi connectivity index (χ2n) is 4.06. The van der Waals surface area contributed by atoms with Crippen molar-refractivity contribution in [3.05, 3.63) is 24.3 Å². The third-order valence-electron chi connectivity index (χ3n) is 2.50. The molecule has 0 radical (unpaired) electrons. The second kappa shape index (κ2) is 6.61. The van der Waals surface area contributed by atoms with Gasteiger partial charge in [-0.1, -0.05) is 6.92 Å². The van der Waals surface area contributed by atoms with Gasteiger partial charge in [0.15, 0.2) is 0 Å². The van der Waals surface area contributed by atoms with Crippen molar-refractivity contribution in [1.82, 2.24) is 4.31 Å². The molecule has 1 rings (SSSR count). The fourth-order valence-electron chi connectivity index (χ4n) is 1.44. The van der Waals surface area contributed by atoms with Crippen LogP contribution in [0.25, 0.3) is 0 Å². The summed E-state index contributed by atoms with van der Waals surface area (Å²) in [5.41, 5.74) is 6.19. The number of hydrogen-bond acceptors (Lipinski definition) is 4.